The summed E-state index contributed by atoms with van der Waals surface area (Å²) in [6.07, 6.45) is 1.73. The lowest BCUT2D eigenvalue weighted by Gasteiger charge is -2.11. The number of aryl methyl sites for hydroxylation is 1. The number of fused-ring (bicyclic) bond motifs is 1. The number of amides is 1. The van der Waals surface area contributed by atoms with Crippen LogP contribution in [0.3, 0.4) is 0 Å². The number of pyridine rings is 1. The van der Waals surface area contributed by atoms with Crippen LogP contribution >= 0.6 is 0 Å². The molecule has 3 heteroatoms. The number of hydrogen-bond donors (Lipinski definition) is 1. The maximum absolute atomic E-state index is 12.8. The van der Waals surface area contributed by atoms with Gasteiger partial charge in [0.15, 0.2) is 0 Å². The summed E-state index contributed by atoms with van der Waals surface area (Å²) < 4.78 is 0. The Hall–Kier alpha value is -3.46. The van der Waals surface area contributed by atoms with E-state index in [1.54, 1.807) is 6.20 Å². The topological polar surface area (TPSA) is 42.0 Å². The minimum absolute atomic E-state index is 0.125. The monoisotopic (exact) mass is 338 g/mol. The van der Waals surface area contributed by atoms with Gasteiger partial charge in [-0.15, -0.1) is 0 Å². The Bertz CT molecular complexity index is 1080. The summed E-state index contributed by atoms with van der Waals surface area (Å²) in [4.78, 5) is 17.2. The fourth-order valence-corrected chi connectivity index (χ4v) is 3.12. The van der Waals surface area contributed by atoms with Gasteiger partial charge in [0.1, 0.15) is 0 Å². The number of nitrogens with zero attached hydrogens (tertiary/aromatic N) is 1. The van der Waals surface area contributed by atoms with Crippen molar-refractivity contribution in [3.05, 3.63) is 96.2 Å². The van der Waals surface area contributed by atoms with Gasteiger partial charge in [-0.05, 0) is 41.8 Å². The first-order chi connectivity index (χ1) is 12.7. The summed E-state index contributed by atoms with van der Waals surface area (Å²) in [7, 11) is 0. The van der Waals surface area contributed by atoms with Gasteiger partial charge in [0, 0.05) is 17.1 Å². The number of hydrogen-bond acceptors (Lipinski definition) is 2. The molecular weight excluding hydrogens is 320 g/mol. The van der Waals surface area contributed by atoms with Crippen LogP contribution in [0.25, 0.3) is 22.0 Å². The van der Waals surface area contributed by atoms with Gasteiger partial charge in [-0.2, -0.15) is 0 Å². The van der Waals surface area contributed by atoms with Crippen molar-refractivity contribution in [3.8, 4) is 11.1 Å². The summed E-state index contributed by atoms with van der Waals surface area (Å²) in [6.45, 7) is 1.96. The van der Waals surface area contributed by atoms with Crippen LogP contribution in [0.1, 0.15) is 15.9 Å². The Kier molecular flexibility index (Phi) is 4.20. The van der Waals surface area contributed by atoms with E-state index < -0.39 is 0 Å². The third-order valence-corrected chi connectivity index (χ3v) is 4.46. The number of carbonyl (C=O) groups is 1. The standard InChI is InChI=1S/C23H18N2O/c1-16-15-19(17-7-3-2-4-8-17)12-13-20(16)23(26)25-21-11-5-9-18-10-6-14-24-22(18)21/h2-15H,1H3,(H,25,26). The van der Waals surface area contributed by atoms with Crippen LogP contribution in [0.4, 0.5) is 5.69 Å². The number of para-hydroxylation sites is 1. The zero-order chi connectivity index (χ0) is 17.9. The third kappa shape index (κ3) is 3.07. The maximum atomic E-state index is 12.8. The highest BCUT2D eigenvalue weighted by molar-refractivity contribution is 6.09. The Morgan fingerprint density at radius 2 is 1.65 bits per heavy atom. The third-order valence-electron chi connectivity index (χ3n) is 4.46. The molecule has 1 amide bonds. The van der Waals surface area contributed by atoms with E-state index in [4.69, 9.17) is 0 Å². The van der Waals surface area contributed by atoms with E-state index in [-0.39, 0.29) is 5.91 Å². The molecule has 0 saturated heterocycles. The van der Waals surface area contributed by atoms with Gasteiger partial charge in [-0.3, -0.25) is 9.78 Å². The van der Waals surface area contributed by atoms with Crippen LogP contribution in [-0.2, 0) is 0 Å². The summed E-state index contributed by atoms with van der Waals surface area (Å²) >= 11 is 0. The van der Waals surface area contributed by atoms with E-state index in [0.717, 1.165) is 33.3 Å². The molecule has 1 heterocycles. The van der Waals surface area contributed by atoms with Crippen LogP contribution in [0, 0.1) is 6.92 Å². The number of aromatic nitrogens is 1. The molecule has 0 aliphatic carbocycles. The Morgan fingerprint density at radius 1 is 0.846 bits per heavy atom. The van der Waals surface area contributed by atoms with Crippen molar-refractivity contribution in [3.63, 3.8) is 0 Å². The van der Waals surface area contributed by atoms with E-state index in [2.05, 4.69) is 22.4 Å². The molecule has 126 valence electrons. The Balaban J connectivity index is 1.64. The van der Waals surface area contributed by atoms with Gasteiger partial charge in [0.25, 0.3) is 5.91 Å². The molecule has 4 aromatic rings. The second-order valence-corrected chi connectivity index (χ2v) is 6.23. The molecule has 0 bridgehead atoms. The van der Waals surface area contributed by atoms with Crippen LogP contribution in [0.5, 0.6) is 0 Å². The van der Waals surface area contributed by atoms with E-state index in [0.29, 0.717) is 5.56 Å². The van der Waals surface area contributed by atoms with Crippen molar-refractivity contribution in [1.29, 1.82) is 0 Å². The zero-order valence-corrected chi connectivity index (χ0v) is 14.4. The largest absolute Gasteiger partial charge is 0.320 e. The SMILES string of the molecule is Cc1cc(-c2ccccc2)ccc1C(=O)Nc1cccc2cccnc12. The normalized spacial score (nSPS) is 10.7. The number of rotatable bonds is 3. The molecule has 0 unspecified atom stereocenters. The van der Waals surface area contributed by atoms with Crippen LogP contribution in [-0.4, -0.2) is 10.9 Å². The van der Waals surface area contributed by atoms with E-state index in [9.17, 15) is 4.79 Å². The molecule has 0 aliphatic rings. The molecule has 1 N–H and O–H groups in total. The summed E-state index contributed by atoms with van der Waals surface area (Å²) in [5.41, 5.74) is 5.36. The summed E-state index contributed by atoms with van der Waals surface area (Å²) in [6, 6.07) is 25.7. The van der Waals surface area contributed by atoms with Crippen molar-refractivity contribution >= 4 is 22.5 Å². The molecule has 4 rings (SSSR count). The zero-order valence-electron chi connectivity index (χ0n) is 14.4. The second kappa shape index (κ2) is 6.81. The first-order valence-electron chi connectivity index (χ1n) is 8.53. The first kappa shape index (κ1) is 16.0. The van der Waals surface area contributed by atoms with Gasteiger partial charge >= 0.3 is 0 Å². The average Bonchev–Trinajstić information content (AvgIpc) is 2.69. The average molecular weight is 338 g/mol. The fraction of sp³-hybridized carbons (Fsp3) is 0.0435. The molecule has 0 radical (unpaired) electrons. The molecule has 0 saturated carbocycles. The second-order valence-electron chi connectivity index (χ2n) is 6.23. The smallest absolute Gasteiger partial charge is 0.255 e. The fourth-order valence-electron chi connectivity index (χ4n) is 3.12. The highest BCUT2D eigenvalue weighted by Gasteiger charge is 2.12. The molecule has 3 aromatic carbocycles. The number of benzene rings is 3. The predicted octanol–water partition coefficient (Wildman–Crippen LogP) is 5.46. The van der Waals surface area contributed by atoms with E-state index >= 15 is 0 Å². The highest BCUT2D eigenvalue weighted by Crippen LogP contribution is 2.24. The van der Waals surface area contributed by atoms with Gasteiger partial charge in [0.05, 0.1) is 11.2 Å². The maximum Gasteiger partial charge on any atom is 0.255 e. The molecule has 0 atom stereocenters. The number of anilines is 1. The molecule has 26 heavy (non-hydrogen) atoms. The van der Waals surface area contributed by atoms with Gasteiger partial charge in [0.2, 0.25) is 0 Å². The Morgan fingerprint density at radius 3 is 2.46 bits per heavy atom. The number of nitrogens with one attached hydrogen (secondary N) is 1. The van der Waals surface area contributed by atoms with Crippen molar-refractivity contribution in [1.82, 2.24) is 4.98 Å². The lowest BCUT2D eigenvalue weighted by atomic mass is 9.99. The van der Waals surface area contributed by atoms with Crippen LogP contribution in [0.2, 0.25) is 0 Å². The van der Waals surface area contributed by atoms with E-state index in [1.807, 2.05) is 73.7 Å². The quantitative estimate of drug-likeness (QED) is 0.539. The molecule has 0 aliphatic heterocycles. The summed E-state index contributed by atoms with van der Waals surface area (Å²) in [5, 5.41) is 4.00. The Labute approximate surface area is 152 Å². The van der Waals surface area contributed by atoms with Crippen molar-refractivity contribution in [2.75, 3.05) is 5.32 Å². The van der Waals surface area contributed by atoms with Gasteiger partial charge in [-0.1, -0.05) is 60.7 Å². The lowest BCUT2D eigenvalue weighted by molar-refractivity contribution is 0.102. The van der Waals surface area contributed by atoms with E-state index in [1.165, 1.54) is 0 Å². The highest BCUT2D eigenvalue weighted by atomic mass is 16.1. The van der Waals surface area contributed by atoms with Crippen molar-refractivity contribution in [2.45, 2.75) is 6.92 Å². The van der Waals surface area contributed by atoms with Gasteiger partial charge in [-0.25, -0.2) is 0 Å². The van der Waals surface area contributed by atoms with Crippen molar-refractivity contribution in [2.24, 2.45) is 0 Å². The minimum atomic E-state index is -0.125. The first-order valence-corrected chi connectivity index (χ1v) is 8.53. The predicted molar refractivity (Wildman–Crippen MR) is 106 cm³/mol. The summed E-state index contributed by atoms with van der Waals surface area (Å²) in [5.74, 6) is -0.125. The lowest BCUT2D eigenvalue weighted by Crippen LogP contribution is -2.13. The van der Waals surface area contributed by atoms with Crippen LogP contribution in [0.15, 0.2) is 85.1 Å². The molecule has 0 spiro atoms. The van der Waals surface area contributed by atoms with Crippen molar-refractivity contribution < 1.29 is 4.79 Å². The molecule has 3 nitrogen and oxygen atoms in total. The van der Waals surface area contributed by atoms with Gasteiger partial charge < -0.3 is 5.32 Å². The minimum Gasteiger partial charge on any atom is -0.320 e. The molecule has 0 fully saturated rings. The molecule has 1 aromatic heterocycles. The molecular formula is C23H18N2O. The number of carbonyl (C=O) groups excluding carboxylic acids is 1. The van der Waals surface area contributed by atoms with Crippen LogP contribution < -0.4 is 5.32 Å².